The molecule has 0 aliphatic carbocycles. The maximum Gasteiger partial charge on any atom is 0.0629 e. The van der Waals surface area contributed by atoms with Crippen molar-refractivity contribution in [2.45, 2.75) is 25.8 Å². The van der Waals surface area contributed by atoms with Crippen LogP contribution in [0.25, 0.3) is 0 Å². The number of anilines is 2. The first-order valence-corrected chi connectivity index (χ1v) is 6.36. The summed E-state index contributed by atoms with van der Waals surface area (Å²) < 4.78 is 0. The van der Waals surface area contributed by atoms with Crippen molar-refractivity contribution >= 4 is 11.4 Å². The summed E-state index contributed by atoms with van der Waals surface area (Å²) in [5, 5.41) is 0. The van der Waals surface area contributed by atoms with Crippen LogP contribution in [0.3, 0.4) is 0 Å². The number of rotatable bonds is 2. The summed E-state index contributed by atoms with van der Waals surface area (Å²) in [6.45, 7) is 4.36. The highest BCUT2D eigenvalue weighted by molar-refractivity contribution is 5.71. The van der Waals surface area contributed by atoms with Gasteiger partial charge in [0, 0.05) is 19.1 Å². The molecule has 1 saturated heterocycles. The van der Waals surface area contributed by atoms with Crippen molar-refractivity contribution in [2.75, 3.05) is 37.8 Å². The monoisotopic (exact) mass is 233 g/mol. The maximum absolute atomic E-state index is 6.09. The molecule has 2 rings (SSSR count). The Morgan fingerprint density at radius 1 is 1.24 bits per heavy atom. The van der Waals surface area contributed by atoms with Gasteiger partial charge >= 0.3 is 0 Å². The molecule has 0 spiro atoms. The Morgan fingerprint density at radius 2 is 1.88 bits per heavy atom. The fourth-order valence-corrected chi connectivity index (χ4v) is 2.72. The third kappa shape index (κ3) is 2.55. The van der Waals surface area contributed by atoms with Gasteiger partial charge in [0.15, 0.2) is 0 Å². The van der Waals surface area contributed by atoms with Gasteiger partial charge in [0.05, 0.1) is 11.4 Å². The minimum atomic E-state index is 0.719. The Bertz CT molecular complexity index is 359. The Balaban J connectivity index is 2.11. The summed E-state index contributed by atoms with van der Waals surface area (Å²) in [6, 6.07) is 6.89. The van der Waals surface area contributed by atoms with Gasteiger partial charge in [0.1, 0.15) is 0 Å². The number of para-hydroxylation sites is 1. The lowest BCUT2D eigenvalue weighted by Gasteiger charge is -2.37. The Hall–Kier alpha value is -1.22. The van der Waals surface area contributed by atoms with Gasteiger partial charge < -0.3 is 15.5 Å². The Kier molecular flexibility index (Phi) is 3.57. The van der Waals surface area contributed by atoms with E-state index in [4.69, 9.17) is 5.73 Å². The number of aryl methyl sites for hydroxylation is 1. The van der Waals surface area contributed by atoms with Gasteiger partial charge in [-0.2, -0.15) is 0 Å². The average molecular weight is 233 g/mol. The lowest BCUT2D eigenvalue weighted by atomic mass is 10.0. The Morgan fingerprint density at radius 3 is 2.41 bits per heavy atom. The molecule has 0 unspecified atom stereocenters. The van der Waals surface area contributed by atoms with Crippen LogP contribution < -0.4 is 10.6 Å². The van der Waals surface area contributed by atoms with Gasteiger partial charge in [-0.25, -0.2) is 0 Å². The van der Waals surface area contributed by atoms with E-state index in [1.807, 2.05) is 12.1 Å². The summed E-state index contributed by atoms with van der Waals surface area (Å²) >= 11 is 0. The van der Waals surface area contributed by atoms with Gasteiger partial charge in [-0.3, -0.25) is 0 Å². The van der Waals surface area contributed by atoms with Crippen LogP contribution in [0, 0.1) is 6.92 Å². The SMILES string of the molecule is Cc1cccc(N)c1N1CCC(N(C)C)CC1. The number of nitrogens with zero attached hydrogens (tertiary/aromatic N) is 2. The minimum absolute atomic E-state index is 0.719. The molecule has 0 amide bonds. The van der Waals surface area contributed by atoms with Crippen LogP contribution in [0.5, 0.6) is 0 Å². The lowest BCUT2D eigenvalue weighted by molar-refractivity contribution is 0.249. The number of hydrogen-bond donors (Lipinski definition) is 1. The number of nitrogens with two attached hydrogens (primary N) is 1. The van der Waals surface area contributed by atoms with Crippen LogP contribution in [0.1, 0.15) is 18.4 Å². The number of benzene rings is 1. The highest BCUT2D eigenvalue weighted by atomic mass is 15.2. The smallest absolute Gasteiger partial charge is 0.0629 e. The zero-order valence-corrected chi connectivity index (χ0v) is 11.1. The average Bonchev–Trinajstić information content (AvgIpc) is 2.29. The standard InChI is InChI=1S/C14H23N3/c1-11-5-4-6-13(15)14(11)17-9-7-12(8-10-17)16(2)3/h4-6,12H,7-10,15H2,1-3H3. The zero-order valence-electron chi connectivity index (χ0n) is 11.1. The molecule has 0 aromatic heterocycles. The first kappa shape index (κ1) is 12.2. The highest BCUT2D eigenvalue weighted by Crippen LogP contribution is 2.30. The van der Waals surface area contributed by atoms with Crippen molar-refractivity contribution in [1.29, 1.82) is 0 Å². The van der Waals surface area contributed by atoms with E-state index in [0.717, 1.165) is 24.8 Å². The van der Waals surface area contributed by atoms with Crippen LogP contribution in [0.2, 0.25) is 0 Å². The molecular formula is C14H23N3. The van der Waals surface area contributed by atoms with Crippen LogP contribution in [0.4, 0.5) is 11.4 Å². The molecule has 1 heterocycles. The summed E-state index contributed by atoms with van der Waals surface area (Å²) in [4.78, 5) is 4.77. The second-order valence-corrected chi connectivity index (χ2v) is 5.19. The first-order valence-electron chi connectivity index (χ1n) is 6.36. The van der Waals surface area contributed by atoms with Crippen LogP contribution in [-0.2, 0) is 0 Å². The Labute approximate surface area is 104 Å². The predicted octanol–water partition coefficient (Wildman–Crippen LogP) is 2.11. The second kappa shape index (κ2) is 4.96. The molecule has 1 aliphatic heterocycles. The highest BCUT2D eigenvalue weighted by Gasteiger charge is 2.22. The van der Waals surface area contributed by atoms with Crippen molar-refractivity contribution in [3.05, 3.63) is 23.8 Å². The summed E-state index contributed by atoms with van der Waals surface area (Å²) in [5.41, 5.74) is 9.53. The van der Waals surface area contributed by atoms with Gasteiger partial charge in [0.2, 0.25) is 0 Å². The molecule has 3 heteroatoms. The number of hydrogen-bond acceptors (Lipinski definition) is 3. The normalized spacial score (nSPS) is 17.8. The molecule has 0 atom stereocenters. The fourth-order valence-electron chi connectivity index (χ4n) is 2.72. The molecule has 0 bridgehead atoms. The molecular weight excluding hydrogens is 210 g/mol. The van der Waals surface area contributed by atoms with Gasteiger partial charge in [-0.15, -0.1) is 0 Å². The fraction of sp³-hybridized carbons (Fsp3) is 0.571. The van der Waals surface area contributed by atoms with Crippen molar-refractivity contribution in [3.8, 4) is 0 Å². The molecule has 1 fully saturated rings. The molecule has 2 N–H and O–H groups in total. The quantitative estimate of drug-likeness (QED) is 0.794. The largest absolute Gasteiger partial charge is 0.397 e. The summed E-state index contributed by atoms with van der Waals surface area (Å²) in [5.74, 6) is 0. The van der Waals surface area contributed by atoms with Crippen LogP contribution in [-0.4, -0.2) is 38.1 Å². The van der Waals surface area contributed by atoms with Crippen molar-refractivity contribution in [1.82, 2.24) is 4.90 Å². The molecule has 1 aromatic carbocycles. The summed E-state index contributed by atoms with van der Waals surface area (Å²) in [7, 11) is 4.34. The van der Waals surface area contributed by atoms with Gasteiger partial charge in [-0.05, 0) is 45.5 Å². The molecule has 1 aromatic rings. The van der Waals surface area contributed by atoms with Crippen molar-refractivity contribution < 1.29 is 0 Å². The van der Waals surface area contributed by atoms with E-state index in [0.29, 0.717) is 0 Å². The molecule has 1 aliphatic rings. The van der Waals surface area contributed by atoms with Gasteiger partial charge in [0.25, 0.3) is 0 Å². The molecule has 0 radical (unpaired) electrons. The summed E-state index contributed by atoms with van der Waals surface area (Å²) in [6.07, 6.45) is 2.45. The van der Waals surface area contributed by atoms with E-state index < -0.39 is 0 Å². The van der Waals surface area contributed by atoms with Gasteiger partial charge in [-0.1, -0.05) is 12.1 Å². The van der Waals surface area contributed by atoms with Crippen molar-refractivity contribution in [3.63, 3.8) is 0 Å². The van der Waals surface area contributed by atoms with E-state index in [-0.39, 0.29) is 0 Å². The molecule has 17 heavy (non-hydrogen) atoms. The molecule has 94 valence electrons. The van der Waals surface area contributed by atoms with E-state index in [9.17, 15) is 0 Å². The first-order chi connectivity index (χ1) is 8.09. The second-order valence-electron chi connectivity index (χ2n) is 5.19. The topological polar surface area (TPSA) is 32.5 Å². The molecule has 0 saturated carbocycles. The number of piperidine rings is 1. The third-order valence-electron chi connectivity index (χ3n) is 3.78. The number of nitrogen functional groups attached to an aromatic ring is 1. The van der Waals surface area contributed by atoms with E-state index in [1.165, 1.54) is 24.1 Å². The van der Waals surface area contributed by atoms with E-state index in [2.05, 4.69) is 36.9 Å². The minimum Gasteiger partial charge on any atom is -0.397 e. The lowest BCUT2D eigenvalue weighted by Crippen LogP contribution is -2.42. The van der Waals surface area contributed by atoms with Crippen molar-refractivity contribution in [2.24, 2.45) is 0 Å². The maximum atomic E-state index is 6.09. The van der Waals surface area contributed by atoms with Crippen LogP contribution >= 0.6 is 0 Å². The molecule has 3 nitrogen and oxygen atoms in total. The third-order valence-corrected chi connectivity index (χ3v) is 3.78. The van der Waals surface area contributed by atoms with E-state index in [1.54, 1.807) is 0 Å². The predicted molar refractivity (Wildman–Crippen MR) is 74.5 cm³/mol. The van der Waals surface area contributed by atoms with Crippen LogP contribution in [0.15, 0.2) is 18.2 Å². The zero-order chi connectivity index (χ0) is 12.4. The van der Waals surface area contributed by atoms with E-state index >= 15 is 0 Å².